The quantitative estimate of drug-likeness (QED) is 0.916. The number of nitrogens with one attached hydrogen (secondary N) is 1. The number of benzene rings is 1. The van der Waals surface area contributed by atoms with Gasteiger partial charge in [0.15, 0.2) is 0 Å². The van der Waals surface area contributed by atoms with E-state index in [0.29, 0.717) is 18.7 Å². The minimum atomic E-state index is -0.0734. The molecule has 1 aromatic carbocycles. The van der Waals surface area contributed by atoms with Crippen LogP contribution in [0.15, 0.2) is 36.5 Å². The van der Waals surface area contributed by atoms with Crippen molar-refractivity contribution in [2.24, 2.45) is 0 Å². The highest BCUT2D eigenvalue weighted by Crippen LogP contribution is 2.17. The molecule has 3 rings (SSSR count). The molecule has 0 aliphatic carbocycles. The van der Waals surface area contributed by atoms with Crippen LogP contribution in [-0.4, -0.2) is 42.1 Å². The van der Waals surface area contributed by atoms with E-state index in [0.717, 1.165) is 30.2 Å². The fraction of sp³-hybridized carbons (Fsp3) is 0.316. The van der Waals surface area contributed by atoms with E-state index in [1.54, 1.807) is 12.3 Å². The lowest BCUT2D eigenvalue weighted by Crippen LogP contribution is -2.50. The van der Waals surface area contributed by atoms with E-state index in [9.17, 15) is 4.79 Å². The van der Waals surface area contributed by atoms with Gasteiger partial charge in [0, 0.05) is 38.1 Å². The number of nitriles is 1. The maximum absolute atomic E-state index is 12.4. The average molecular weight is 335 g/mol. The SMILES string of the molecule is Cc1ccc(NC(=O)N2CCN(c3ccc(C#N)cn3)CC2)cc1C. The van der Waals surface area contributed by atoms with E-state index in [2.05, 4.69) is 28.2 Å². The summed E-state index contributed by atoms with van der Waals surface area (Å²) >= 11 is 0. The minimum Gasteiger partial charge on any atom is -0.353 e. The first-order chi connectivity index (χ1) is 12.1. The van der Waals surface area contributed by atoms with Crippen LogP contribution in [0.5, 0.6) is 0 Å². The molecule has 1 aliphatic rings. The second-order valence-corrected chi connectivity index (χ2v) is 6.22. The number of carbonyl (C=O) groups excluding carboxylic acids is 1. The molecular formula is C19H21N5O. The summed E-state index contributed by atoms with van der Waals surface area (Å²) < 4.78 is 0. The van der Waals surface area contributed by atoms with Gasteiger partial charge in [0.05, 0.1) is 5.56 Å². The van der Waals surface area contributed by atoms with E-state index >= 15 is 0 Å². The van der Waals surface area contributed by atoms with Crippen LogP contribution in [0.4, 0.5) is 16.3 Å². The Morgan fingerprint density at radius 2 is 1.88 bits per heavy atom. The number of amides is 2. The van der Waals surface area contributed by atoms with Crippen LogP contribution in [0.2, 0.25) is 0 Å². The Balaban J connectivity index is 1.56. The van der Waals surface area contributed by atoms with Gasteiger partial charge in [-0.3, -0.25) is 0 Å². The maximum atomic E-state index is 12.4. The van der Waals surface area contributed by atoms with Crippen LogP contribution in [0, 0.1) is 25.2 Å². The van der Waals surface area contributed by atoms with Crippen molar-refractivity contribution >= 4 is 17.5 Å². The number of pyridine rings is 1. The van der Waals surface area contributed by atoms with Crippen LogP contribution in [0.25, 0.3) is 0 Å². The van der Waals surface area contributed by atoms with E-state index in [4.69, 9.17) is 5.26 Å². The molecule has 2 aromatic rings. The number of rotatable bonds is 2. The van der Waals surface area contributed by atoms with Gasteiger partial charge in [-0.25, -0.2) is 9.78 Å². The number of urea groups is 1. The molecule has 2 amide bonds. The Hall–Kier alpha value is -3.07. The summed E-state index contributed by atoms with van der Waals surface area (Å²) in [5.41, 5.74) is 3.75. The summed E-state index contributed by atoms with van der Waals surface area (Å²) in [6.45, 7) is 6.81. The summed E-state index contributed by atoms with van der Waals surface area (Å²) in [4.78, 5) is 20.7. The molecule has 1 aromatic heterocycles. The van der Waals surface area contributed by atoms with Gasteiger partial charge in [0.2, 0.25) is 0 Å². The predicted octanol–water partition coefficient (Wildman–Crippen LogP) is 2.92. The van der Waals surface area contributed by atoms with Gasteiger partial charge in [-0.05, 0) is 49.2 Å². The van der Waals surface area contributed by atoms with Crippen LogP contribution in [0.3, 0.4) is 0 Å². The topological polar surface area (TPSA) is 72.3 Å². The largest absolute Gasteiger partial charge is 0.353 e. The Labute approximate surface area is 147 Å². The number of hydrogen-bond donors (Lipinski definition) is 1. The van der Waals surface area contributed by atoms with Crippen molar-refractivity contribution in [1.29, 1.82) is 5.26 Å². The summed E-state index contributed by atoms with van der Waals surface area (Å²) in [6, 6.07) is 11.5. The molecule has 0 bridgehead atoms. The second kappa shape index (κ2) is 7.22. The Morgan fingerprint density at radius 3 is 2.48 bits per heavy atom. The number of anilines is 2. The molecular weight excluding hydrogens is 314 g/mol. The van der Waals surface area contributed by atoms with E-state index in [1.165, 1.54) is 5.56 Å². The summed E-state index contributed by atoms with van der Waals surface area (Å²) in [6.07, 6.45) is 1.58. The Kier molecular flexibility index (Phi) is 4.85. The molecule has 0 saturated carbocycles. The van der Waals surface area contributed by atoms with E-state index < -0.39 is 0 Å². The second-order valence-electron chi connectivity index (χ2n) is 6.22. The molecule has 1 fully saturated rings. The third-order valence-electron chi connectivity index (χ3n) is 4.53. The molecule has 6 nitrogen and oxygen atoms in total. The van der Waals surface area contributed by atoms with Crippen molar-refractivity contribution in [2.45, 2.75) is 13.8 Å². The van der Waals surface area contributed by atoms with Crippen molar-refractivity contribution in [3.8, 4) is 6.07 Å². The normalized spacial score (nSPS) is 14.1. The number of hydrogen-bond acceptors (Lipinski definition) is 4. The van der Waals surface area contributed by atoms with Gasteiger partial charge in [-0.2, -0.15) is 5.26 Å². The first-order valence-corrected chi connectivity index (χ1v) is 8.31. The molecule has 1 aliphatic heterocycles. The first kappa shape index (κ1) is 16.8. The van der Waals surface area contributed by atoms with Crippen molar-refractivity contribution in [1.82, 2.24) is 9.88 Å². The molecule has 2 heterocycles. The average Bonchev–Trinajstić information content (AvgIpc) is 2.65. The zero-order chi connectivity index (χ0) is 17.8. The van der Waals surface area contributed by atoms with E-state index in [-0.39, 0.29) is 6.03 Å². The van der Waals surface area contributed by atoms with Crippen molar-refractivity contribution < 1.29 is 4.79 Å². The lowest BCUT2D eigenvalue weighted by molar-refractivity contribution is 0.208. The highest BCUT2D eigenvalue weighted by Gasteiger charge is 2.22. The smallest absolute Gasteiger partial charge is 0.321 e. The zero-order valence-electron chi connectivity index (χ0n) is 14.5. The Morgan fingerprint density at radius 1 is 1.12 bits per heavy atom. The number of carbonyl (C=O) groups is 1. The Bertz CT molecular complexity index is 802. The van der Waals surface area contributed by atoms with Gasteiger partial charge in [-0.1, -0.05) is 6.07 Å². The third-order valence-corrected chi connectivity index (χ3v) is 4.53. The molecule has 0 atom stereocenters. The van der Waals surface area contributed by atoms with Crippen molar-refractivity contribution in [2.75, 3.05) is 36.4 Å². The van der Waals surface area contributed by atoms with Crippen LogP contribution >= 0.6 is 0 Å². The van der Waals surface area contributed by atoms with E-state index in [1.807, 2.05) is 36.1 Å². The maximum Gasteiger partial charge on any atom is 0.321 e. The number of aromatic nitrogens is 1. The predicted molar refractivity (Wildman–Crippen MR) is 97.7 cm³/mol. The minimum absolute atomic E-state index is 0.0734. The summed E-state index contributed by atoms with van der Waals surface area (Å²) in [5.74, 6) is 0.841. The number of piperazine rings is 1. The summed E-state index contributed by atoms with van der Waals surface area (Å²) in [7, 11) is 0. The highest BCUT2D eigenvalue weighted by molar-refractivity contribution is 5.89. The lowest BCUT2D eigenvalue weighted by Gasteiger charge is -2.35. The molecule has 1 saturated heterocycles. The summed E-state index contributed by atoms with van der Waals surface area (Å²) in [5, 5.41) is 11.8. The van der Waals surface area contributed by atoms with Gasteiger partial charge >= 0.3 is 6.03 Å². The molecule has 128 valence electrons. The lowest BCUT2D eigenvalue weighted by atomic mass is 10.1. The van der Waals surface area contributed by atoms with Gasteiger partial charge in [0.1, 0.15) is 11.9 Å². The van der Waals surface area contributed by atoms with Crippen LogP contribution < -0.4 is 10.2 Å². The molecule has 1 N–H and O–H groups in total. The molecule has 25 heavy (non-hydrogen) atoms. The number of nitrogens with zero attached hydrogens (tertiary/aromatic N) is 4. The number of aryl methyl sites for hydroxylation is 2. The van der Waals surface area contributed by atoms with Crippen molar-refractivity contribution in [3.63, 3.8) is 0 Å². The standard InChI is InChI=1S/C19H21N5O/c1-14-3-5-17(11-15(14)2)22-19(25)24-9-7-23(8-10-24)18-6-4-16(12-20)13-21-18/h3-6,11,13H,7-10H2,1-2H3,(H,22,25). The van der Waals surface area contributed by atoms with Crippen molar-refractivity contribution in [3.05, 3.63) is 53.2 Å². The van der Waals surface area contributed by atoms with Gasteiger partial charge in [-0.15, -0.1) is 0 Å². The van der Waals surface area contributed by atoms with Crippen LogP contribution in [0.1, 0.15) is 16.7 Å². The third kappa shape index (κ3) is 3.89. The molecule has 0 spiro atoms. The monoisotopic (exact) mass is 335 g/mol. The molecule has 6 heteroatoms. The zero-order valence-corrected chi connectivity index (χ0v) is 14.5. The van der Waals surface area contributed by atoms with Gasteiger partial charge in [0.25, 0.3) is 0 Å². The first-order valence-electron chi connectivity index (χ1n) is 8.31. The fourth-order valence-corrected chi connectivity index (χ4v) is 2.80. The highest BCUT2D eigenvalue weighted by atomic mass is 16.2. The molecule has 0 radical (unpaired) electrons. The van der Waals surface area contributed by atoms with Crippen LogP contribution in [-0.2, 0) is 0 Å². The molecule has 0 unspecified atom stereocenters. The van der Waals surface area contributed by atoms with Gasteiger partial charge < -0.3 is 15.1 Å². The fourth-order valence-electron chi connectivity index (χ4n) is 2.80.